The molecule has 1 aliphatic carbocycles. The first-order valence-corrected chi connectivity index (χ1v) is 5.53. The van der Waals surface area contributed by atoms with Crippen LogP contribution < -0.4 is 5.73 Å². The molecule has 0 spiro atoms. The monoisotopic (exact) mass is 218 g/mol. The average Bonchev–Trinajstić information content (AvgIpc) is 3.07. The molecule has 0 aromatic carbocycles. The summed E-state index contributed by atoms with van der Waals surface area (Å²) in [5.74, 6) is 1.46. The van der Waals surface area contributed by atoms with Gasteiger partial charge in [-0.15, -0.1) is 10.2 Å². The van der Waals surface area contributed by atoms with Crippen LogP contribution in [0.25, 0.3) is 5.65 Å². The standard InChI is InChI=1S/C11H14N4O/c12-6-9(16)8-2-1-3-10-13-14-11(15(8)10)7-4-5-7/h1-3,7,9,16H,4-6,12H2. The Morgan fingerprint density at radius 2 is 2.25 bits per heavy atom. The molecular weight excluding hydrogens is 204 g/mol. The van der Waals surface area contributed by atoms with Crippen LogP contribution in [-0.4, -0.2) is 26.2 Å². The number of rotatable bonds is 3. The summed E-state index contributed by atoms with van der Waals surface area (Å²) in [6.07, 6.45) is 1.67. The van der Waals surface area contributed by atoms with Gasteiger partial charge in [0.2, 0.25) is 0 Å². The number of nitrogens with two attached hydrogens (primary N) is 1. The summed E-state index contributed by atoms with van der Waals surface area (Å²) in [6, 6.07) is 5.64. The van der Waals surface area contributed by atoms with Gasteiger partial charge in [0.15, 0.2) is 5.65 Å². The number of aliphatic hydroxyl groups excluding tert-OH is 1. The smallest absolute Gasteiger partial charge is 0.161 e. The molecule has 3 rings (SSSR count). The summed E-state index contributed by atoms with van der Waals surface area (Å²) < 4.78 is 1.94. The van der Waals surface area contributed by atoms with E-state index in [9.17, 15) is 5.11 Å². The molecule has 2 aromatic heterocycles. The van der Waals surface area contributed by atoms with Gasteiger partial charge in [-0.3, -0.25) is 4.40 Å². The van der Waals surface area contributed by atoms with Crippen molar-refractivity contribution in [1.29, 1.82) is 0 Å². The van der Waals surface area contributed by atoms with E-state index in [1.54, 1.807) is 0 Å². The van der Waals surface area contributed by atoms with E-state index in [1.807, 2.05) is 22.6 Å². The summed E-state index contributed by atoms with van der Waals surface area (Å²) in [6.45, 7) is 0.210. The van der Waals surface area contributed by atoms with Gasteiger partial charge in [-0.25, -0.2) is 0 Å². The van der Waals surface area contributed by atoms with Crippen molar-refractivity contribution in [3.05, 3.63) is 29.7 Å². The van der Waals surface area contributed by atoms with Gasteiger partial charge in [-0.05, 0) is 25.0 Å². The number of hydrogen-bond donors (Lipinski definition) is 2. The zero-order valence-electron chi connectivity index (χ0n) is 8.87. The van der Waals surface area contributed by atoms with Crippen molar-refractivity contribution in [2.24, 2.45) is 5.73 Å². The molecule has 0 radical (unpaired) electrons. The van der Waals surface area contributed by atoms with Crippen molar-refractivity contribution in [3.8, 4) is 0 Å². The number of pyridine rings is 1. The molecule has 84 valence electrons. The van der Waals surface area contributed by atoms with Crippen molar-refractivity contribution in [2.45, 2.75) is 24.9 Å². The molecule has 3 N–H and O–H groups in total. The SMILES string of the molecule is NCC(O)c1cccc2nnc(C3CC3)n12. The van der Waals surface area contributed by atoms with Crippen LogP contribution in [0.1, 0.15) is 36.4 Å². The fraction of sp³-hybridized carbons (Fsp3) is 0.455. The van der Waals surface area contributed by atoms with E-state index in [0.29, 0.717) is 5.92 Å². The normalized spacial score (nSPS) is 17.9. The first-order chi connectivity index (χ1) is 7.81. The van der Waals surface area contributed by atoms with Gasteiger partial charge in [-0.1, -0.05) is 6.07 Å². The molecule has 1 aliphatic rings. The Morgan fingerprint density at radius 1 is 1.44 bits per heavy atom. The van der Waals surface area contributed by atoms with Crippen molar-refractivity contribution < 1.29 is 5.11 Å². The zero-order chi connectivity index (χ0) is 11.1. The molecule has 2 heterocycles. The lowest BCUT2D eigenvalue weighted by molar-refractivity contribution is 0.180. The molecular formula is C11H14N4O. The van der Waals surface area contributed by atoms with Crippen LogP contribution in [0.2, 0.25) is 0 Å². The average molecular weight is 218 g/mol. The second-order valence-corrected chi connectivity index (χ2v) is 4.23. The molecule has 0 bridgehead atoms. The Hall–Kier alpha value is -1.46. The van der Waals surface area contributed by atoms with Crippen LogP contribution in [0.15, 0.2) is 18.2 Å². The summed E-state index contributed by atoms with van der Waals surface area (Å²) >= 11 is 0. The third-order valence-corrected chi connectivity index (χ3v) is 2.99. The number of fused-ring (bicyclic) bond motifs is 1. The van der Waals surface area contributed by atoms with Gasteiger partial charge < -0.3 is 10.8 Å². The van der Waals surface area contributed by atoms with E-state index >= 15 is 0 Å². The predicted octanol–water partition coefficient (Wildman–Crippen LogP) is 0.599. The molecule has 0 amide bonds. The fourth-order valence-corrected chi connectivity index (χ4v) is 1.98. The third kappa shape index (κ3) is 1.40. The van der Waals surface area contributed by atoms with E-state index in [4.69, 9.17) is 5.73 Å². The van der Waals surface area contributed by atoms with Crippen molar-refractivity contribution >= 4 is 5.65 Å². The highest BCUT2D eigenvalue weighted by molar-refractivity contribution is 5.41. The van der Waals surface area contributed by atoms with Crippen LogP contribution in [-0.2, 0) is 0 Å². The first-order valence-electron chi connectivity index (χ1n) is 5.53. The van der Waals surface area contributed by atoms with Gasteiger partial charge in [-0.2, -0.15) is 0 Å². The molecule has 1 unspecified atom stereocenters. The topological polar surface area (TPSA) is 76.4 Å². The van der Waals surface area contributed by atoms with Gasteiger partial charge in [0.1, 0.15) is 11.9 Å². The van der Waals surface area contributed by atoms with Crippen molar-refractivity contribution in [1.82, 2.24) is 14.6 Å². The van der Waals surface area contributed by atoms with Gasteiger partial charge >= 0.3 is 0 Å². The fourth-order valence-electron chi connectivity index (χ4n) is 1.98. The highest BCUT2D eigenvalue weighted by Crippen LogP contribution is 2.39. The Kier molecular flexibility index (Phi) is 2.15. The van der Waals surface area contributed by atoms with E-state index in [-0.39, 0.29) is 6.54 Å². The summed E-state index contributed by atoms with van der Waals surface area (Å²) in [5.41, 5.74) is 7.07. The van der Waals surface area contributed by atoms with Gasteiger partial charge in [0.25, 0.3) is 0 Å². The lowest BCUT2D eigenvalue weighted by atomic mass is 10.2. The highest BCUT2D eigenvalue weighted by Gasteiger charge is 2.29. The summed E-state index contributed by atoms with van der Waals surface area (Å²) in [4.78, 5) is 0. The predicted molar refractivity (Wildman–Crippen MR) is 59.0 cm³/mol. The molecule has 0 aliphatic heterocycles. The number of hydrogen-bond acceptors (Lipinski definition) is 4. The second kappa shape index (κ2) is 3.54. The minimum atomic E-state index is -0.655. The Balaban J connectivity index is 2.21. The first kappa shape index (κ1) is 9.74. The molecule has 16 heavy (non-hydrogen) atoms. The molecule has 5 nitrogen and oxygen atoms in total. The Labute approximate surface area is 92.9 Å². The van der Waals surface area contributed by atoms with Gasteiger partial charge in [0, 0.05) is 12.5 Å². The maximum Gasteiger partial charge on any atom is 0.161 e. The minimum Gasteiger partial charge on any atom is -0.386 e. The summed E-state index contributed by atoms with van der Waals surface area (Å²) in [7, 11) is 0. The van der Waals surface area contributed by atoms with E-state index in [1.165, 1.54) is 0 Å². The molecule has 0 saturated heterocycles. The quantitative estimate of drug-likeness (QED) is 0.791. The van der Waals surface area contributed by atoms with Crippen LogP contribution in [0, 0.1) is 0 Å². The van der Waals surface area contributed by atoms with Crippen molar-refractivity contribution in [2.75, 3.05) is 6.54 Å². The Morgan fingerprint density at radius 3 is 2.94 bits per heavy atom. The van der Waals surface area contributed by atoms with E-state index in [0.717, 1.165) is 30.0 Å². The van der Waals surface area contributed by atoms with Crippen molar-refractivity contribution in [3.63, 3.8) is 0 Å². The number of aromatic nitrogens is 3. The van der Waals surface area contributed by atoms with E-state index in [2.05, 4.69) is 10.2 Å². The molecule has 5 heteroatoms. The van der Waals surface area contributed by atoms with Crippen LogP contribution in [0.5, 0.6) is 0 Å². The number of nitrogens with zero attached hydrogens (tertiary/aromatic N) is 3. The maximum absolute atomic E-state index is 9.87. The third-order valence-electron chi connectivity index (χ3n) is 2.99. The zero-order valence-corrected chi connectivity index (χ0v) is 8.87. The molecule has 2 aromatic rings. The molecule has 1 fully saturated rings. The van der Waals surface area contributed by atoms with Crippen LogP contribution in [0.3, 0.4) is 0 Å². The maximum atomic E-state index is 9.87. The van der Waals surface area contributed by atoms with Crippen LogP contribution >= 0.6 is 0 Å². The highest BCUT2D eigenvalue weighted by atomic mass is 16.3. The summed E-state index contributed by atoms with van der Waals surface area (Å²) in [5, 5.41) is 18.2. The Bertz CT molecular complexity index is 518. The van der Waals surface area contributed by atoms with E-state index < -0.39 is 6.10 Å². The molecule has 1 atom stereocenters. The molecule has 1 saturated carbocycles. The minimum absolute atomic E-state index is 0.210. The van der Waals surface area contributed by atoms with Crippen LogP contribution in [0.4, 0.5) is 0 Å². The van der Waals surface area contributed by atoms with Gasteiger partial charge in [0.05, 0.1) is 5.69 Å². The lowest BCUT2D eigenvalue weighted by Crippen LogP contribution is -2.15. The second-order valence-electron chi connectivity index (χ2n) is 4.23. The number of aliphatic hydroxyl groups is 1. The largest absolute Gasteiger partial charge is 0.386 e. The lowest BCUT2D eigenvalue weighted by Gasteiger charge is -2.11.